The SMILES string of the molecule is CCC(C)c1ccccc1OC(CN)c1ccccc1Br. The van der Waals surface area contributed by atoms with Crippen LogP contribution in [0.3, 0.4) is 0 Å². The molecule has 0 aliphatic rings. The number of benzene rings is 2. The maximum absolute atomic E-state index is 6.23. The van der Waals surface area contributed by atoms with Gasteiger partial charge in [0.25, 0.3) is 0 Å². The molecule has 3 heteroatoms. The highest BCUT2D eigenvalue weighted by Gasteiger charge is 2.17. The molecule has 0 amide bonds. The first-order valence-electron chi connectivity index (χ1n) is 7.37. The maximum atomic E-state index is 6.23. The lowest BCUT2D eigenvalue weighted by Gasteiger charge is -2.22. The van der Waals surface area contributed by atoms with Gasteiger partial charge in [-0.05, 0) is 30.0 Å². The van der Waals surface area contributed by atoms with E-state index < -0.39 is 0 Å². The number of nitrogens with two attached hydrogens (primary N) is 1. The Labute approximate surface area is 135 Å². The molecule has 2 nitrogen and oxygen atoms in total. The van der Waals surface area contributed by atoms with Crippen LogP contribution in [0.2, 0.25) is 0 Å². The van der Waals surface area contributed by atoms with Crippen LogP contribution in [0.1, 0.15) is 43.4 Å². The number of ether oxygens (including phenoxy) is 1. The molecule has 0 bridgehead atoms. The van der Waals surface area contributed by atoms with E-state index in [9.17, 15) is 0 Å². The third kappa shape index (κ3) is 3.86. The molecule has 0 aliphatic carbocycles. The molecule has 21 heavy (non-hydrogen) atoms. The first-order chi connectivity index (χ1) is 10.2. The van der Waals surface area contributed by atoms with E-state index in [1.807, 2.05) is 36.4 Å². The lowest BCUT2D eigenvalue weighted by molar-refractivity contribution is 0.210. The minimum absolute atomic E-state index is 0.147. The van der Waals surface area contributed by atoms with E-state index in [-0.39, 0.29) is 6.10 Å². The van der Waals surface area contributed by atoms with E-state index in [4.69, 9.17) is 10.5 Å². The summed E-state index contributed by atoms with van der Waals surface area (Å²) >= 11 is 3.58. The predicted octanol–water partition coefficient (Wildman–Crippen LogP) is 5.04. The van der Waals surface area contributed by atoms with Gasteiger partial charge in [-0.25, -0.2) is 0 Å². The average molecular weight is 348 g/mol. The van der Waals surface area contributed by atoms with Crippen molar-refractivity contribution >= 4 is 15.9 Å². The van der Waals surface area contributed by atoms with Crippen molar-refractivity contribution in [2.45, 2.75) is 32.3 Å². The molecule has 0 radical (unpaired) electrons. The van der Waals surface area contributed by atoms with E-state index in [0.717, 1.165) is 22.2 Å². The highest BCUT2D eigenvalue weighted by Crippen LogP contribution is 2.33. The highest BCUT2D eigenvalue weighted by molar-refractivity contribution is 9.10. The molecule has 112 valence electrons. The van der Waals surface area contributed by atoms with Crippen molar-refractivity contribution < 1.29 is 4.74 Å². The smallest absolute Gasteiger partial charge is 0.137 e. The Hall–Kier alpha value is -1.32. The second kappa shape index (κ2) is 7.62. The zero-order valence-corrected chi connectivity index (χ0v) is 14.1. The molecule has 0 heterocycles. The molecule has 0 aliphatic heterocycles. The van der Waals surface area contributed by atoms with Crippen LogP contribution in [-0.4, -0.2) is 6.54 Å². The fourth-order valence-electron chi connectivity index (χ4n) is 2.34. The normalized spacial score (nSPS) is 13.7. The molecule has 2 aromatic rings. The quantitative estimate of drug-likeness (QED) is 0.794. The molecular weight excluding hydrogens is 326 g/mol. The zero-order valence-electron chi connectivity index (χ0n) is 12.6. The van der Waals surface area contributed by atoms with Crippen LogP contribution in [0.4, 0.5) is 0 Å². The summed E-state index contributed by atoms with van der Waals surface area (Å²) in [7, 11) is 0. The topological polar surface area (TPSA) is 35.2 Å². The molecule has 2 atom stereocenters. The van der Waals surface area contributed by atoms with Gasteiger partial charge in [0.2, 0.25) is 0 Å². The summed E-state index contributed by atoms with van der Waals surface area (Å²) in [4.78, 5) is 0. The molecule has 2 unspecified atom stereocenters. The summed E-state index contributed by atoms with van der Waals surface area (Å²) in [5, 5.41) is 0. The van der Waals surface area contributed by atoms with Crippen LogP contribution in [0.5, 0.6) is 5.75 Å². The van der Waals surface area contributed by atoms with Gasteiger partial charge in [-0.2, -0.15) is 0 Å². The lowest BCUT2D eigenvalue weighted by atomic mass is 9.97. The van der Waals surface area contributed by atoms with Crippen LogP contribution < -0.4 is 10.5 Å². The van der Waals surface area contributed by atoms with Gasteiger partial charge in [-0.15, -0.1) is 0 Å². The van der Waals surface area contributed by atoms with Crippen LogP contribution in [-0.2, 0) is 0 Å². The Morgan fingerprint density at radius 1 is 1.05 bits per heavy atom. The highest BCUT2D eigenvalue weighted by atomic mass is 79.9. The monoisotopic (exact) mass is 347 g/mol. The number of halogens is 1. The number of hydrogen-bond donors (Lipinski definition) is 1. The average Bonchev–Trinajstić information content (AvgIpc) is 2.53. The minimum atomic E-state index is -0.147. The van der Waals surface area contributed by atoms with E-state index in [1.165, 1.54) is 5.56 Å². The van der Waals surface area contributed by atoms with E-state index in [0.29, 0.717) is 12.5 Å². The van der Waals surface area contributed by atoms with Gasteiger partial charge in [-0.3, -0.25) is 0 Å². The molecule has 0 spiro atoms. The number of hydrogen-bond acceptors (Lipinski definition) is 2. The minimum Gasteiger partial charge on any atom is -0.484 e. The summed E-state index contributed by atoms with van der Waals surface area (Å²) in [6, 6.07) is 16.3. The van der Waals surface area contributed by atoms with Crippen molar-refractivity contribution in [2.24, 2.45) is 5.73 Å². The summed E-state index contributed by atoms with van der Waals surface area (Å²) in [6.45, 7) is 4.85. The predicted molar refractivity (Wildman–Crippen MR) is 91.7 cm³/mol. The first kappa shape index (κ1) is 16.1. The van der Waals surface area contributed by atoms with Crippen LogP contribution in [0, 0.1) is 0 Å². The molecule has 0 saturated heterocycles. The van der Waals surface area contributed by atoms with Crippen LogP contribution in [0.15, 0.2) is 53.0 Å². The van der Waals surface area contributed by atoms with Gasteiger partial charge in [-0.1, -0.05) is 66.2 Å². The van der Waals surface area contributed by atoms with E-state index >= 15 is 0 Å². The lowest BCUT2D eigenvalue weighted by Crippen LogP contribution is -2.19. The van der Waals surface area contributed by atoms with Crippen molar-refractivity contribution in [3.8, 4) is 5.75 Å². The largest absolute Gasteiger partial charge is 0.484 e. The Bertz CT molecular complexity index is 585. The van der Waals surface area contributed by atoms with Gasteiger partial charge in [0.1, 0.15) is 11.9 Å². The Morgan fingerprint density at radius 2 is 1.67 bits per heavy atom. The maximum Gasteiger partial charge on any atom is 0.137 e. The number of para-hydroxylation sites is 1. The van der Waals surface area contributed by atoms with Crippen molar-refractivity contribution in [1.29, 1.82) is 0 Å². The number of rotatable bonds is 6. The standard InChI is InChI=1S/C18H22BrNO/c1-3-13(2)14-8-5-7-11-17(14)21-18(12-20)15-9-4-6-10-16(15)19/h4-11,13,18H,3,12,20H2,1-2H3. The fraction of sp³-hybridized carbons (Fsp3) is 0.333. The van der Waals surface area contributed by atoms with Crippen molar-refractivity contribution in [3.63, 3.8) is 0 Å². The fourth-order valence-corrected chi connectivity index (χ4v) is 2.88. The van der Waals surface area contributed by atoms with Crippen LogP contribution in [0.25, 0.3) is 0 Å². The Kier molecular flexibility index (Phi) is 5.83. The summed E-state index contributed by atoms with van der Waals surface area (Å²) < 4.78 is 7.26. The second-order valence-electron chi connectivity index (χ2n) is 5.21. The molecule has 2 N–H and O–H groups in total. The van der Waals surface area contributed by atoms with Crippen molar-refractivity contribution in [2.75, 3.05) is 6.54 Å². The molecule has 0 saturated carbocycles. The first-order valence-corrected chi connectivity index (χ1v) is 8.16. The van der Waals surface area contributed by atoms with Crippen molar-refractivity contribution in [1.82, 2.24) is 0 Å². The zero-order chi connectivity index (χ0) is 15.2. The Morgan fingerprint density at radius 3 is 2.29 bits per heavy atom. The molecule has 0 aromatic heterocycles. The third-order valence-corrected chi connectivity index (χ3v) is 4.52. The molecule has 2 aromatic carbocycles. The van der Waals surface area contributed by atoms with Gasteiger partial charge >= 0.3 is 0 Å². The summed E-state index contributed by atoms with van der Waals surface area (Å²) in [5.41, 5.74) is 8.26. The van der Waals surface area contributed by atoms with Crippen molar-refractivity contribution in [3.05, 3.63) is 64.1 Å². The van der Waals surface area contributed by atoms with Gasteiger partial charge in [0.05, 0.1) is 0 Å². The third-order valence-electron chi connectivity index (χ3n) is 3.80. The van der Waals surface area contributed by atoms with E-state index in [2.05, 4.69) is 41.9 Å². The van der Waals surface area contributed by atoms with Gasteiger partial charge in [0, 0.05) is 16.6 Å². The molecular formula is C18H22BrNO. The molecule has 0 fully saturated rings. The second-order valence-corrected chi connectivity index (χ2v) is 6.07. The van der Waals surface area contributed by atoms with E-state index in [1.54, 1.807) is 0 Å². The summed E-state index contributed by atoms with van der Waals surface area (Å²) in [6.07, 6.45) is 0.939. The summed E-state index contributed by atoms with van der Waals surface area (Å²) in [5.74, 6) is 1.40. The van der Waals surface area contributed by atoms with Gasteiger partial charge in [0.15, 0.2) is 0 Å². The van der Waals surface area contributed by atoms with Gasteiger partial charge < -0.3 is 10.5 Å². The molecule has 2 rings (SSSR count). The van der Waals surface area contributed by atoms with Crippen LogP contribution >= 0.6 is 15.9 Å². The Balaban J connectivity index is 2.30.